The number of imidazole rings is 1. The highest BCUT2D eigenvalue weighted by atomic mass is 32.2. The summed E-state index contributed by atoms with van der Waals surface area (Å²) in [5.74, 6) is 1.39. The van der Waals surface area contributed by atoms with Crippen LogP contribution in [0.3, 0.4) is 0 Å². The number of methoxy groups -OCH3 is 1. The minimum Gasteiger partial charge on any atom is -0.497 e. The summed E-state index contributed by atoms with van der Waals surface area (Å²) in [7, 11) is -2.15. The topological polar surface area (TPSA) is 93.3 Å². The van der Waals surface area contributed by atoms with Gasteiger partial charge in [0.15, 0.2) is 0 Å². The lowest BCUT2D eigenvalue weighted by Gasteiger charge is -2.08. The number of nitrogens with one attached hydrogen (secondary N) is 2. The monoisotopic (exact) mass is 373 g/mol. The van der Waals surface area contributed by atoms with Crippen LogP contribution < -0.4 is 9.46 Å². The Balaban J connectivity index is 1.59. The van der Waals surface area contributed by atoms with E-state index in [0.29, 0.717) is 11.4 Å². The van der Waals surface area contributed by atoms with Gasteiger partial charge < -0.3 is 14.5 Å². The lowest BCUT2D eigenvalue weighted by molar-refractivity contribution is 0.106. The number of hydrogen-bond acceptors (Lipinski definition) is 5. The van der Waals surface area contributed by atoms with Crippen molar-refractivity contribution in [1.82, 2.24) is 9.97 Å². The highest BCUT2D eigenvalue weighted by Crippen LogP contribution is 2.29. The minimum absolute atomic E-state index is 0.0122. The lowest BCUT2D eigenvalue weighted by Crippen LogP contribution is -2.12. The average molecular weight is 373 g/mol. The molecule has 0 amide bonds. The largest absolute Gasteiger partial charge is 0.497 e. The van der Waals surface area contributed by atoms with Crippen LogP contribution in [-0.4, -0.2) is 32.1 Å². The zero-order valence-corrected chi connectivity index (χ0v) is 15.0. The number of aromatic nitrogens is 2. The molecule has 0 spiro atoms. The van der Waals surface area contributed by atoms with Gasteiger partial charge in [-0.3, -0.25) is 4.72 Å². The summed E-state index contributed by atoms with van der Waals surface area (Å²) in [4.78, 5) is 7.94. The van der Waals surface area contributed by atoms with Crippen molar-refractivity contribution < 1.29 is 17.9 Å². The summed E-state index contributed by atoms with van der Waals surface area (Å²) in [6.45, 7) is 0.745. The smallest absolute Gasteiger partial charge is 0.261 e. The summed E-state index contributed by atoms with van der Waals surface area (Å²) in [5, 5.41) is 0. The van der Waals surface area contributed by atoms with Gasteiger partial charge >= 0.3 is 0 Å². The van der Waals surface area contributed by atoms with Gasteiger partial charge in [0.25, 0.3) is 10.0 Å². The van der Waals surface area contributed by atoms with Crippen molar-refractivity contribution >= 4 is 26.7 Å². The molecule has 7 nitrogen and oxygen atoms in total. The number of rotatable bonds is 5. The van der Waals surface area contributed by atoms with Gasteiger partial charge in [-0.15, -0.1) is 0 Å². The maximum absolute atomic E-state index is 12.6. The molecule has 0 radical (unpaired) electrons. The van der Waals surface area contributed by atoms with E-state index in [1.54, 1.807) is 30.3 Å². The second-order valence-corrected chi connectivity index (χ2v) is 7.82. The first kappa shape index (κ1) is 16.9. The molecule has 1 atom stereocenters. The molecule has 1 fully saturated rings. The Bertz CT molecular complexity index is 1020. The molecule has 1 aromatic heterocycles. The van der Waals surface area contributed by atoms with Crippen LogP contribution in [0.4, 0.5) is 5.69 Å². The van der Waals surface area contributed by atoms with Crippen LogP contribution in [-0.2, 0) is 14.8 Å². The third kappa shape index (κ3) is 3.25. The molecule has 3 aromatic rings. The van der Waals surface area contributed by atoms with E-state index >= 15 is 0 Å². The van der Waals surface area contributed by atoms with Crippen molar-refractivity contribution in [2.75, 3.05) is 18.4 Å². The van der Waals surface area contributed by atoms with Gasteiger partial charge in [0.05, 0.1) is 28.7 Å². The first-order valence-electron chi connectivity index (χ1n) is 8.33. The second-order valence-electron chi connectivity index (χ2n) is 6.14. The van der Waals surface area contributed by atoms with Crippen molar-refractivity contribution in [2.45, 2.75) is 23.8 Å². The molecule has 1 aliphatic rings. The summed E-state index contributed by atoms with van der Waals surface area (Å²) in [6, 6.07) is 11.5. The summed E-state index contributed by atoms with van der Waals surface area (Å²) >= 11 is 0. The number of sulfonamides is 1. The van der Waals surface area contributed by atoms with Crippen LogP contribution in [0.2, 0.25) is 0 Å². The van der Waals surface area contributed by atoms with Gasteiger partial charge in [0.1, 0.15) is 17.7 Å². The lowest BCUT2D eigenvalue weighted by atomic mass is 10.2. The van der Waals surface area contributed by atoms with Gasteiger partial charge in [-0.2, -0.15) is 0 Å². The molecule has 1 unspecified atom stereocenters. The zero-order chi connectivity index (χ0) is 18.1. The molecule has 0 aliphatic carbocycles. The summed E-state index contributed by atoms with van der Waals surface area (Å²) in [5.41, 5.74) is 2.02. The van der Waals surface area contributed by atoms with E-state index < -0.39 is 10.0 Å². The van der Waals surface area contributed by atoms with Crippen molar-refractivity contribution in [1.29, 1.82) is 0 Å². The first-order chi connectivity index (χ1) is 12.5. The van der Waals surface area contributed by atoms with Crippen LogP contribution in [0.25, 0.3) is 11.0 Å². The second kappa shape index (κ2) is 6.62. The van der Waals surface area contributed by atoms with E-state index in [1.165, 1.54) is 19.2 Å². The molecule has 2 heterocycles. The van der Waals surface area contributed by atoms with Gasteiger partial charge in [0.2, 0.25) is 0 Å². The normalized spacial score (nSPS) is 17.5. The molecule has 2 N–H and O–H groups in total. The van der Waals surface area contributed by atoms with E-state index in [1.807, 2.05) is 0 Å². The number of benzene rings is 2. The number of fused-ring (bicyclic) bond motifs is 1. The molecule has 26 heavy (non-hydrogen) atoms. The molecular weight excluding hydrogens is 354 g/mol. The maximum Gasteiger partial charge on any atom is 0.261 e. The van der Waals surface area contributed by atoms with Crippen LogP contribution in [0.15, 0.2) is 47.4 Å². The van der Waals surface area contributed by atoms with Gasteiger partial charge in [0, 0.05) is 6.61 Å². The molecule has 8 heteroatoms. The summed E-state index contributed by atoms with van der Waals surface area (Å²) < 4.78 is 38.4. The van der Waals surface area contributed by atoms with E-state index in [9.17, 15) is 8.42 Å². The third-order valence-corrected chi connectivity index (χ3v) is 5.75. The third-order valence-electron chi connectivity index (χ3n) is 4.36. The molecule has 0 saturated carbocycles. The SMILES string of the molecule is COc1ccc(S(=O)(=O)Nc2ccc3nc(C4CCCO4)[nH]c3c2)cc1. The van der Waals surface area contributed by atoms with E-state index in [2.05, 4.69) is 14.7 Å². The van der Waals surface area contributed by atoms with Gasteiger partial charge in [-0.05, 0) is 55.3 Å². The molecule has 1 saturated heterocycles. The number of hydrogen-bond donors (Lipinski definition) is 2. The fourth-order valence-corrected chi connectivity index (χ4v) is 4.06. The molecule has 4 rings (SSSR count). The van der Waals surface area contributed by atoms with Crippen molar-refractivity contribution in [3.63, 3.8) is 0 Å². The molecule has 2 aromatic carbocycles. The highest BCUT2D eigenvalue weighted by molar-refractivity contribution is 7.92. The average Bonchev–Trinajstić information content (AvgIpc) is 3.30. The Hall–Kier alpha value is -2.58. The Morgan fingerprint density at radius 3 is 2.73 bits per heavy atom. The molecule has 0 bridgehead atoms. The Morgan fingerprint density at radius 1 is 1.23 bits per heavy atom. The predicted octanol–water partition coefficient (Wildman–Crippen LogP) is 3.22. The maximum atomic E-state index is 12.6. The van der Waals surface area contributed by atoms with E-state index in [-0.39, 0.29) is 11.0 Å². The quantitative estimate of drug-likeness (QED) is 0.716. The Labute approximate surface area is 151 Å². The van der Waals surface area contributed by atoms with E-state index in [0.717, 1.165) is 36.3 Å². The number of aromatic amines is 1. The molecule has 1 aliphatic heterocycles. The molecular formula is C18H19N3O4S. The first-order valence-corrected chi connectivity index (χ1v) is 9.82. The van der Waals surface area contributed by atoms with E-state index in [4.69, 9.17) is 9.47 Å². The zero-order valence-electron chi connectivity index (χ0n) is 14.2. The molecule has 136 valence electrons. The Kier molecular flexibility index (Phi) is 4.29. The highest BCUT2D eigenvalue weighted by Gasteiger charge is 2.21. The van der Waals surface area contributed by atoms with Crippen molar-refractivity contribution in [3.05, 3.63) is 48.3 Å². The van der Waals surface area contributed by atoms with Crippen molar-refractivity contribution in [3.8, 4) is 5.75 Å². The summed E-state index contributed by atoms with van der Waals surface area (Å²) in [6.07, 6.45) is 1.95. The van der Waals surface area contributed by atoms with Crippen molar-refractivity contribution in [2.24, 2.45) is 0 Å². The van der Waals surface area contributed by atoms with Gasteiger partial charge in [-0.25, -0.2) is 13.4 Å². The minimum atomic E-state index is -3.68. The Morgan fingerprint density at radius 2 is 2.04 bits per heavy atom. The van der Waals surface area contributed by atoms with Gasteiger partial charge in [-0.1, -0.05) is 0 Å². The van der Waals surface area contributed by atoms with Crippen LogP contribution in [0.5, 0.6) is 5.75 Å². The predicted molar refractivity (Wildman–Crippen MR) is 97.8 cm³/mol. The number of H-pyrrole nitrogens is 1. The van der Waals surface area contributed by atoms with Crippen LogP contribution in [0, 0.1) is 0 Å². The number of nitrogens with zero attached hydrogens (tertiary/aromatic N) is 1. The number of ether oxygens (including phenoxy) is 2. The van der Waals surface area contributed by atoms with Crippen LogP contribution in [0.1, 0.15) is 24.8 Å². The fourth-order valence-electron chi connectivity index (χ4n) is 3.01. The standard InChI is InChI=1S/C18H19N3O4S/c1-24-13-5-7-14(8-6-13)26(22,23)21-12-4-9-15-16(11-12)20-18(19-15)17-3-2-10-25-17/h4-9,11,17,21H,2-3,10H2,1H3,(H,19,20). The number of anilines is 1. The van der Waals surface area contributed by atoms with Crippen LogP contribution >= 0.6 is 0 Å². The fraction of sp³-hybridized carbons (Fsp3) is 0.278.